The number of aromatic nitrogens is 4. The molecule has 0 aliphatic rings. The number of carbonyl (C=O) groups is 1. The molecule has 3 aromatic rings. The van der Waals surface area contributed by atoms with Crippen molar-refractivity contribution in [1.82, 2.24) is 20.2 Å². The van der Waals surface area contributed by atoms with E-state index >= 15 is 0 Å². The third-order valence-corrected chi connectivity index (χ3v) is 4.19. The third kappa shape index (κ3) is 3.59. The summed E-state index contributed by atoms with van der Waals surface area (Å²) in [6, 6.07) is 2.92. The number of amides is 1. The second kappa shape index (κ2) is 7.40. The van der Waals surface area contributed by atoms with E-state index in [0.717, 1.165) is 17.5 Å². The van der Waals surface area contributed by atoms with Crippen molar-refractivity contribution in [2.75, 3.05) is 19.5 Å². The largest absolute Gasteiger partial charge is 0.481 e. The maximum Gasteiger partial charge on any atom is 0.295 e. The van der Waals surface area contributed by atoms with E-state index in [-0.39, 0.29) is 16.6 Å². The lowest BCUT2D eigenvalue weighted by Gasteiger charge is -2.12. The first-order valence-corrected chi connectivity index (χ1v) is 8.19. The molecule has 3 heterocycles. The number of nitrogens with zero attached hydrogens (tertiary/aromatic N) is 4. The SMILES string of the molecule is COc1nnc(NC(=O)c2cnc(C)cc2-c2cc(F)cnc2OC)s1. The maximum absolute atomic E-state index is 13.7. The van der Waals surface area contributed by atoms with Crippen molar-refractivity contribution < 1.29 is 18.7 Å². The molecule has 0 spiro atoms. The second-order valence-electron chi connectivity index (χ2n) is 5.11. The molecule has 3 aromatic heterocycles. The number of ether oxygens (including phenoxy) is 2. The molecule has 8 nitrogen and oxygen atoms in total. The lowest BCUT2D eigenvalue weighted by atomic mass is 10.0. The van der Waals surface area contributed by atoms with Gasteiger partial charge in [-0.1, -0.05) is 5.10 Å². The Bertz CT molecular complexity index is 963. The minimum atomic E-state index is -0.546. The zero-order valence-electron chi connectivity index (χ0n) is 14.1. The lowest BCUT2D eigenvalue weighted by Crippen LogP contribution is -2.14. The van der Waals surface area contributed by atoms with Gasteiger partial charge in [0.2, 0.25) is 11.0 Å². The van der Waals surface area contributed by atoms with E-state index in [9.17, 15) is 9.18 Å². The van der Waals surface area contributed by atoms with Crippen LogP contribution in [0.1, 0.15) is 16.1 Å². The van der Waals surface area contributed by atoms with Gasteiger partial charge in [0.05, 0.1) is 26.0 Å². The molecule has 1 amide bonds. The molecule has 3 rings (SSSR count). The highest BCUT2D eigenvalue weighted by Crippen LogP contribution is 2.32. The molecule has 0 saturated heterocycles. The van der Waals surface area contributed by atoms with E-state index in [1.165, 1.54) is 26.5 Å². The molecule has 26 heavy (non-hydrogen) atoms. The number of hydrogen-bond donors (Lipinski definition) is 1. The molecule has 0 fully saturated rings. The van der Waals surface area contributed by atoms with Crippen LogP contribution in [0.3, 0.4) is 0 Å². The Labute approximate surface area is 152 Å². The number of aryl methyl sites for hydroxylation is 1. The number of carbonyl (C=O) groups excluding carboxylic acids is 1. The number of pyridine rings is 2. The Kier molecular flexibility index (Phi) is 5.03. The molecule has 1 N–H and O–H groups in total. The van der Waals surface area contributed by atoms with Gasteiger partial charge in [0.25, 0.3) is 11.1 Å². The van der Waals surface area contributed by atoms with Crippen molar-refractivity contribution in [2.45, 2.75) is 6.92 Å². The fourth-order valence-electron chi connectivity index (χ4n) is 2.25. The molecule has 0 atom stereocenters. The highest BCUT2D eigenvalue weighted by Gasteiger charge is 2.20. The van der Waals surface area contributed by atoms with E-state index in [1.54, 1.807) is 13.0 Å². The van der Waals surface area contributed by atoms with E-state index in [1.807, 2.05) is 0 Å². The summed E-state index contributed by atoms with van der Waals surface area (Å²) in [6.07, 6.45) is 2.45. The number of anilines is 1. The van der Waals surface area contributed by atoms with Crippen LogP contribution in [0, 0.1) is 12.7 Å². The molecular formula is C16H14FN5O3S. The summed E-state index contributed by atoms with van der Waals surface area (Å²) in [4.78, 5) is 20.8. The first-order valence-electron chi connectivity index (χ1n) is 7.37. The Hall–Kier alpha value is -3.14. The summed E-state index contributed by atoms with van der Waals surface area (Å²) in [5.74, 6) is -0.822. The van der Waals surface area contributed by atoms with Crippen LogP contribution in [-0.4, -0.2) is 40.3 Å². The van der Waals surface area contributed by atoms with Gasteiger partial charge in [0.1, 0.15) is 5.82 Å². The molecule has 0 aromatic carbocycles. The van der Waals surface area contributed by atoms with Crippen molar-refractivity contribution in [3.05, 3.63) is 41.6 Å². The molecule has 10 heteroatoms. The number of halogens is 1. The van der Waals surface area contributed by atoms with Crippen molar-refractivity contribution in [3.63, 3.8) is 0 Å². The van der Waals surface area contributed by atoms with Crippen LogP contribution >= 0.6 is 11.3 Å². The summed E-state index contributed by atoms with van der Waals surface area (Å²) in [7, 11) is 2.88. The van der Waals surface area contributed by atoms with E-state index in [4.69, 9.17) is 9.47 Å². The van der Waals surface area contributed by atoms with Crippen LogP contribution in [0.4, 0.5) is 9.52 Å². The molecule has 0 unspecified atom stereocenters. The number of rotatable bonds is 5. The number of hydrogen-bond acceptors (Lipinski definition) is 8. The predicted molar refractivity (Wildman–Crippen MR) is 93.1 cm³/mol. The van der Waals surface area contributed by atoms with Gasteiger partial charge in [-0.3, -0.25) is 15.1 Å². The van der Waals surface area contributed by atoms with E-state index in [2.05, 4.69) is 25.5 Å². The van der Waals surface area contributed by atoms with Crippen LogP contribution in [-0.2, 0) is 0 Å². The predicted octanol–water partition coefficient (Wildman–Crippen LogP) is 2.71. The minimum absolute atomic E-state index is 0.198. The summed E-state index contributed by atoms with van der Waals surface area (Å²) >= 11 is 1.08. The van der Waals surface area contributed by atoms with Crippen LogP contribution in [0.5, 0.6) is 11.1 Å². The monoisotopic (exact) mass is 375 g/mol. The fourth-order valence-corrected chi connectivity index (χ4v) is 2.81. The summed E-state index contributed by atoms with van der Waals surface area (Å²) < 4.78 is 23.9. The van der Waals surface area contributed by atoms with Crippen molar-refractivity contribution in [3.8, 4) is 22.2 Å². The van der Waals surface area contributed by atoms with Gasteiger partial charge in [-0.15, -0.1) is 5.10 Å². The van der Waals surface area contributed by atoms with Crippen molar-refractivity contribution >= 4 is 22.4 Å². The molecule has 0 aliphatic carbocycles. The van der Waals surface area contributed by atoms with E-state index in [0.29, 0.717) is 22.0 Å². The maximum atomic E-state index is 13.7. The topological polar surface area (TPSA) is 99.1 Å². The van der Waals surface area contributed by atoms with Crippen LogP contribution < -0.4 is 14.8 Å². The highest BCUT2D eigenvalue weighted by molar-refractivity contribution is 7.17. The average Bonchev–Trinajstić information content (AvgIpc) is 3.09. The second-order valence-corrected chi connectivity index (χ2v) is 6.05. The fraction of sp³-hybridized carbons (Fsp3) is 0.188. The first-order chi connectivity index (χ1) is 12.5. The molecule has 0 aliphatic heterocycles. The smallest absolute Gasteiger partial charge is 0.295 e. The summed E-state index contributed by atoms with van der Waals surface area (Å²) in [5.41, 5.74) is 1.66. The molecule has 0 radical (unpaired) electrons. The number of methoxy groups -OCH3 is 2. The van der Waals surface area contributed by atoms with Crippen molar-refractivity contribution in [1.29, 1.82) is 0 Å². The quantitative estimate of drug-likeness (QED) is 0.732. The van der Waals surface area contributed by atoms with Gasteiger partial charge in [0.15, 0.2) is 0 Å². The molecule has 134 valence electrons. The zero-order chi connectivity index (χ0) is 18.7. The van der Waals surface area contributed by atoms with Gasteiger partial charge in [-0.05, 0) is 30.4 Å². The van der Waals surface area contributed by atoms with Gasteiger partial charge >= 0.3 is 0 Å². The summed E-state index contributed by atoms with van der Waals surface area (Å²) in [5, 5.41) is 10.8. The first kappa shape index (κ1) is 17.7. The van der Waals surface area contributed by atoms with Crippen molar-refractivity contribution in [2.24, 2.45) is 0 Å². The average molecular weight is 375 g/mol. The lowest BCUT2D eigenvalue weighted by molar-refractivity contribution is 0.102. The standard InChI is InChI=1S/C16H14FN5O3S/c1-8-4-10(11-5-9(17)6-19-14(11)24-2)12(7-18-8)13(23)20-15-21-22-16(25-3)26-15/h4-7H,1-3H3,(H,20,21,23). The van der Waals surface area contributed by atoms with E-state index < -0.39 is 11.7 Å². The Morgan fingerprint density at radius 1 is 1.12 bits per heavy atom. The number of nitrogens with one attached hydrogen (secondary N) is 1. The third-order valence-electron chi connectivity index (χ3n) is 3.39. The van der Waals surface area contributed by atoms with Crippen LogP contribution in [0.25, 0.3) is 11.1 Å². The van der Waals surface area contributed by atoms with Gasteiger partial charge < -0.3 is 9.47 Å². The highest BCUT2D eigenvalue weighted by atomic mass is 32.1. The summed E-state index contributed by atoms with van der Waals surface area (Å²) in [6.45, 7) is 1.76. The molecule has 0 saturated carbocycles. The van der Waals surface area contributed by atoms with Crippen LogP contribution in [0.2, 0.25) is 0 Å². The van der Waals surface area contributed by atoms with Crippen LogP contribution in [0.15, 0.2) is 24.5 Å². The van der Waals surface area contributed by atoms with Gasteiger partial charge in [0, 0.05) is 23.0 Å². The van der Waals surface area contributed by atoms with Gasteiger partial charge in [-0.2, -0.15) is 0 Å². The molecular weight excluding hydrogens is 361 g/mol. The Morgan fingerprint density at radius 2 is 1.92 bits per heavy atom. The minimum Gasteiger partial charge on any atom is -0.481 e. The molecule has 0 bridgehead atoms. The Balaban J connectivity index is 2.03. The zero-order valence-corrected chi connectivity index (χ0v) is 14.9. The normalized spacial score (nSPS) is 10.5. The van der Waals surface area contributed by atoms with Gasteiger partial charge in [-0.25, -0.2) is 9.37 Å². The Morgan fingerprint density at radius 3 is 2.62 bits per heavy atom.